The highest BCUT2D eigenvalue weighted by atomic mass is 79.9. The van der Waals surface area contributed by atoms with Gasteiger partial charge in [0.05, 0.1) is 0 Å². The average Bonchev–Trinajstić information content (AvgIpc) is 2.16. The zero-order chi connectivity index (χ0) is 9.68. The summed E-state index contributed by atoms with van der Waals surface area (Å²) in [4.78, 5) is 5.89. The number of hydrogen-bond donors (Lipinski definition) is 0. The smallest absolute Gasteiger partial charge is 0.165 e. The topological polar surface area (TPSA) is 16.1 Å². The first-order chi connectivity index (χ1) is 6.29. The molecule has 0 fully saturated rings. The Balaban J connectivity index is 2.84. The molecule has 4 heteroatoms. The lowest BCUT2D eigenvalue weighted by Crippen LogP contribution is -2.26. The van der Waals surface area contributed by atoms with Gasteiger partial charge in [-0.3, -0.25) is 0 Å². The molecule has 0 saturated heterocycles. The molecule has 0 bridgehead atoms. The molecule has 0 saturated carbocycles. The molecular formula is C9H12BrFN2. The number of aromatic nitrogens is 1. The van der Waals surface area contributed by atoms with E-state index in [1.165, 1.54) is 6.07 Å². The average molecular weight is 247 g/mol. The van der Waals surface area contributed by atoms with Crippen LogP contribution in [0.2, 0.25) is 0 Å². The number of nitrogens with zero attached hydrogens (tertiary/aromatic N) is 2. The third kappa shape index (κ3) is 2.66. The van der Waals surface area contributed by atoms with Gasteiger partial charge in [0, 0.05) is 24.6 Å². The Labute approximate surface area is 85.9 Å². The van der Waals surface area contributed by atoms with Crippen molar-refractivity contribution in [1.29, 1.82) is 0 Å². The van der Waals surface area contributed by atoms with Crippen LogP contribution < -0.4 is 4.90 Å². The van der Waals surface area contributed by atoms with Gasteiger partial charge in [-0.05, 0) is 19.1 Å². The first-order valence-electron chi connectivity index (χ1n) is 4.21. The summed E-state index contributed by atoms with van der Waals surface area (Å²) >= 11 is 3.32. The second kappa shape index (κ2) is 5.17. The van der Waals surface area contributed by atoms with Crippen LogP contribution in [-0.2, 0) is 0 Å². The molecule has 0 aliphatic rings. The predicted octanol–water partition coefficient (Wildman–Crippen LogP) is 2.44. The standard InChI is InChI=1S/C9H12BrFN2/c1-2-13(7-5-10)9-8(11)4-3-6-12-9/h3-4,6H,2,5,7H2,1H3. The monoisotopic (exact) mass is 246 g/mol. The van der Waals surface area contributed by atoms with E-state index in [2.05, 4.69) is 20.9 Å². The van der Waals surface area contributed by atoms with Gasteiger partial charge in [-0.25, -0.2) is 9.37 Å². The van der Waals surface area contributed by atoms with Crippen molar-refractivity contribution in [2.75, 3.05) is 23.3 Å². The molecule has 1 aromatic heterocycles. The highest BCUT2D eigenvalue weighted by Crippen LogP contribution is 2.14. The van der Waals surface area contributed by atoms with E-state index in [0.717, 1.165) is 18.4 Å². The van der Waals surface area contributed by atoms with Crippen molar-refractivity contribution in [1.82, 2.24) is 4.98 Å². The van der Waals surface area contributed by atoms with Crippen molar-refractivity contribution in [2.45, 2.75) is 6.92 Å². The fourth-order valence-corrected chi connectivity index (χ4v) is 1.55. The van der Waals surface area contributed by atoms with E-state index in [1.807, 2.05) is 11.8 Å². The van der Waals surface area contributed by atoms with E-state index in [-0.39, 0.29) is 5.82 Å². The molecule has 0 aliphatic carbocycles. The van der Waals surface area contributed by atoms with E-state index >= 15 is 0 Å². The zero-order valence-corrected chi connectivity index (χ0v) is 9.09. The third-order valence-corrected chi connectivity index (χ3v) is 2.13. The summed E-state index contributed by atoms with van der Waals surface area (Å²) in [7, 11) is 0. The maximum Gasteiger partial charge on any atom is 0.165 e. The number of halogens is 2. The fraction of sp³-hybridized carbons (Fsp3) is 0.444. The molecule has 2 nitrogen and oxygen atoms in total. The fourth-order valence-electron chi connectivity index (χ4n) is 1.13. The molecule has 0 radical (unpaired) electrons. The Morgan fingerprint density at radius 3 is 2.92 bits per heavy atom. The number of alkyl halides is 1. The zero-order valence-electron chi connectivity index (χ0n) is 7.50. The summed E-state index contributed by atoms with van der Waals surface area (Å²) in [6, 6.07) is 3.03. The minimum Gasteiger partial charge on any atom is -0.354 e. The number of hydrogen-bond acceptors (Lipinski definition) is 2. The number of pyridine rings is 1. The van der Waals surface area contributed by atoms with Crippen molar-refractivity contribution < 1.29 is 4.39 Å². The molecule has 1 heterocycles. The van der Waals surface area contributed by atoms with Gasteiger partial charge in [0.25, 0.3) is 0 Å². The quantitative estimate of drug-likeness (QED) is 0.759. The highest BCUT2D eigenvalue weighted by molar-refractivity contribution is 9.09. The van der Waals surface area contributed by atoms with Crippen LogP contribution in [0.15, 0.2) is 18.3 Å². The van der Waals surface area contributed by atoms with Crippen LogP contribution in [0.1, 0.15) is 6.92 Å². The maximum atomic E-state index is 13.2. The van der Waals surface area contributed by atoms with Gasteiger partial charge in [-0.15, -0.1) is 0 Å². The van der Waals surface area contributed by atoms with E-state index in [1.54, 1.807) is 12.3 Å². The molecule has 72 valence electrons. The van der Waals surface area contributed by atoms with Crippen molar-refractivity contribution in [2.24, 2.45) is 0 Å². The lowest BCUT2D eigenvalue weighted by atomic mass is 10.4. The molecule has 0 N–H and O–H groups in total. The summed E-state index contributed by atoms with van der Waals surface area (Å²) in [5, 5.41) is 0.816. The van der Waals surface area contributed by atoms with Gasteiger partial charge in [-0.2, -0.15) is 0 Å². The van der Waals surface area contributed by atoms with Crippen LogP contribution in [0.25, 0.3) is 0 Å². The van der Waals surface area contributed by atoms with Crippen LogP contribution in [0.5, 0.6) is 0 Å². The highest BCUT2D eigenvalue weighted by Gasteiger charge is 2.09. The van der Waals surface area contributed by atoms with Gasteiger partial charge in [0.1, 0.15) is 0 Å². The Hall–Kier alpha value is -0.640. The van der Waals surface area contributed by atoms with Gasteiger partial charge >= 0.3 is 0 Å². The largest absolute Gasteiger partial charge is 0.354 e. The van der Waals surface area contributed by atoms with Crippen LogP contribution in [0.3, 0.4) is 0 Å². The summed E-state index contributed by atoms with van der Waals surface area (Å²) in [5.74, 6) is 0.176. The molecule has 1 rings (SSSR count). The molecule has 0 spiro atoms. The summed E-state index contributed by atoms with van der Waals surface area (Å²) in [6.07, 6.45) is 1.61. The molecule has 0 atom stereocenters. The first kappa shape index (κ1) is 10.4. The first-order valence-corrected chi connectivity index (χ1v) is 5.33. The molecule has 13 heavy (non-hydrogen) atoms. The van der Waals surface area contributed by atoms with Gasteiger partial charge in [0.15, 0.2) is 11.6 Å². The number of anilines is 1. The minimum absolute atomic E-state index is 0.259. The summed E-state index contributed by atoms with van der Waals surface area (Å²) in [5.41, 5.74) is 0. The van der Waals surface area contributed by atoms with Crippen molar-refractivity contribution in [3.05, 3.63) is 24.1 Å². The normalized spacial score (nSPS) is 10.1. The summed E-state index contributed by atoms with van der Waals surface area (Å²) < 4.78 is 13.2. The molecule has 0 aromatic carbocycles. The van der Waals surface area contributed by atoms with Crippen LogP contribution in [-0.4, -0.2) is 23.4 Å². The lowest BCUT2D eigenvalue weighted by molar-refractivity contribution is 0.612. The molecule has 0 amide bonds. The third-order valence-electron chi connectivity index (χ3n) is 1.77. The van der Waals surface area contributed by atoms with E-state index in [9.17, 15) is 4.39 Å². The van der Waals surface area contributed by atoms with Crippen molar-refractivity contribution in [3.8, 4) is 0 Å². The van der Waals surface area contributed by atoms with Crippen LogP contribution in [0, 0.1) is 5.82 Å². The Bertz CT molecular complexity index is 268. The molecular weight excluding hydrogens is 235 g/mol. The van der Waals surface area contributed by atoms with E-state index in [0.29, 0.717) is 5.82 Å². The second-order valence-electron chi connectivity index (χ2n) is 2.58. The summed E-state index contributed by atoms with van der Waals surface area (Å²) in [6.45, 7) is 3.51. The van der Waals surface area contributed by atoms with Gasteiger partial charge < -0.3 is 4.90 Å². The lowest BCUT2D eigenvalue weighted by Gasteiger charge is -2.20. The Kier molecular flexibility index (Phi) is 4.15. The molecule has 0 unspecified atom stereocenters. The van der Waals surface area contributed by atoms with Crippen molar-refractivity contribution >= 4 is 21.7 Å². The van der Waals surface area contributed by atoms with E-state index in [4.69, 9.17) is 0 Å². The Morgan fingerprint density at radius 2 is 2.38 bits per heavy atom. The second-order valence-corrected chi connectivity index (χ2v) is 3.37. The molecule has 1 aromatic rings. The predicted molar refractivity (Wildman–Crippen MR) is 55.9 cm³/mol. The Morgan fingerprint density at radius 1 is 1.62 bits per heavy atom. The van der Waals surface area contributed by atoms with E-state index < -0.39 is 0 Å². The van der Waals surface area contributed by atoms with Crippen molar-refractivity contribution in [3.63, 3.8) is 0 Å². The SMILES string of the molecule is CCN(CCBr)c1ncccc1F. The van der Waals surface area contributed by atoms with Crippen LogP contribution in [0.4, 0.5) is 10.2 Å². The number of rotatable bonds is 4. The van der Waals surface area contributed by atoms with Gasteiger partial charge in [-0.1, -0.05) is 15.9 Å². The maximum absolute atomic E-state index is 13.2. The van der Waals surface area contributed by atoms with Gasteiger partial charge in [0.2, 0.25) is 0 Å². The van der Waals surface area contributed by atoms with Crippen LogP contribution >= 0.6 is 15.9 Å². The minimum atomic E-state index is -0.259. The molecule has 0 aliphatic heterocycles.